The summed E-state index contributed by atoms with van der Waals surface area (Å²) in [6.07, 6.45) is -4.96. The van der Waals surface area contributed by atoms with Crippen LogP contribution in [0.4, 0.5) is 23.2 Å². The molecule has 0 radical (unpaired) electrons. The van der Waals surface area contributed by atoms with Gasteiger partial charge in [0.15, 0.2) is 5.83 Å². The molecule has 0 aromatic heterocycles. The smallest absolute Gasteiger partial charge is 0.418 e. The summed E-state index contributed by atoms with van der Waals surface area (Å²) >= 11 is -2.15. The van der Waals surface area contributed by atoms with Gasteiger partial charge in [0.1, 0.15) is 11.6 Å². The average Bonchev–Trinajstić information content (AvgIpc) is 2.87. The van der Waals surface area contributed by atoms with E-state index in [2.05, 4.69) is 4.28 Å². The molecule has 37 heavy (non-hydrogen) atoms. The maximum atomic E-state index is 15.0. The lowest BCUT2D eigenvalue weighted by Crippen LogP contribution is -2.18. The predicted molar refractivity (Wildman–Crippen MR) is 130 cm³/mol. The van der Waals surface area contributed by atoms with Gasteiger partial charge in [-0.25, -0.2) is 8.60 Å². The van der Waals surface area contributed by atoms with E-state index in [-0.39, 0.29) is 38.6 Å². The number of phenols is 1. The zero-order valence-electron chi connectivity index (χ0n) is 19.0. The topological polar surface area (TPSA) is 152 Å². The first-order chi connectivity index (χ1) is 17.3. The van der Waals surface area contributed by atoms with Crippen LogP contribution in [0.25, 0.3) is 16.7 Å². The van der Waals surface area contributed by atoms with Gasteiger partial charge in [-0.2, -0.15) is 23.4 Å². The van der Waals surface area contributed by atoms with Crippen molar-refractivity contribution in [1.82, 2.24) is 0 Å². The van der Waals surface area contributed by atoms with Crippen molar-refractivity contribution in [2.24, 2.45) is 11.6 Å². The minimum absolute atomic E-state index is 0.00973. The van der Waals surface area contributed by atoms with Crippen molar-refractivity contribution in [2.45, 2.75) is 18.0 Å². The molecule has 0 saturated carbocycles. The van der Waals surface area contributed by atoms with E-state index in [1.54, 1.807) is 0 Å². The Labute approximate surface area is 210 Å². The Hall–Kier alpha value is -4.07. The van der Waals surface area contributed by atoms with Gasteiger partial charge in [-0.3, -0.25) is 10.2 Å². The molecule has 7 N–H and O–H groups in total. The van der Waals surface area contributed by atoms with Gasteiger partial charge in [-0.1, -0.05) is 24.3 Å². The van der Waals surface area contributed by atoms with E-state index < -0.39 is 46.0 Å². The van der Waals surface area contributed by atoms with Crippen molar-refractivity contribution in [2.75, 3.05) is 5.32 Å². The summed E-state index contributed by atoms with van der Waals surface area (Å²) in [5.41, 5.74) is 3.07. The molecule has 13 heteroatoms. The van der Waals surface area contributed by atoms with Gasteiger partial charge < -0.3 is 16.2 Å². The summed E-state index contributed by atoms with van der Waals surface area (Å²) in [5, 5.41) is 19.4. The van der Waals surface area contributed by atoms with E-state index in [0.29, 0.717) is 6.07 Å². The predicted octanol–water partition coefficient (Wildman–Crippen LogP) is 4.61. The number of rotatable bonds is 7. The van der Waals surface area contributed by atoms with Crippen molar-refractivity contribution >= 4 is 34.1 Å². The van der Waals surface area contributed by atoms with Crippen molar-refractivity contribution in [3.8, 4) is 16.9 Å². The van der Waals surface area contributed by atoms with Crippen LogP contribution in [-0.2, 0) is 26.3 Å². The Morgan fingerprint density at radius 1 is 1.11 bits per heavy atom. The molecule has 0 spiro atoms. The van der Waals surface area contributed by atoms with Crippen LogP contribution in [0, 0.1) is 5.41 Å². The summed E-state index contributed by atoms with van der Waals surface area (Å²) in [6.45, 7) is 1.14. The second kappa shape index (κ2) is 10.9. The van der Waals surface area contributed by atoms with Gasteiger partial charge in [0.25, 0.3) is 5.91 Å². The molecular formula is C24H20F4N4O4S. The van der Waals surface area contributed by atoms with E-state index in [0.717, 1.165) is 19.1 Å². The zero-order chi connectivity index (χ0) is 27.5. The van der Waals surface area contributed by atoms with Crippen LogP contribution in [0.15, 0.2) is 71.4 Å². The Balaban J connectivity index is 2.03. The number of hydrogen-bond acceptors (Lipinski definition) is 6. The second-order valence-corrected chi connectivity index (χ2v) is 8.73. The lowest BCUT2D eigenvalue weighted by atomic mass is 10.0. The average molecular weight is 537 g/mol. The number of phenolic OH excluding ortho intramolecular Hbond substituents is 1. The number of nitrogens with two attached hydrogens (primary N) is 2. The number of halogens is 4. The monoisotopic (exact) mass is 536 g/mol. The molecule has 0 fully saturated rings. The maximum Gasteiger partial charge on any atom is 0.418 e. The third kappa shape index (κ3) is 6.02. The number of alkyl halides is 3. The largest absolute Gasteiger partial charge is 0.507 e. The van der Waals surface area contributed by atoms with Crippen molar-refractivity contribution < 1.29 is 36.0 Å². The Bertz CT molecular complexity index is 1440. The van der Waals surface area contributed by atoms with Gasteiger partial charge in [-0.15, -0.1) is 0 Å². The Morgan fingerprint density at radius 3 is 2.41 bits per heavy atom. The van der Waals surface area contributed by atoms with Crippen LogP contribution in [-0.4, -0.2) is 21.1 Å². The fourth-order valence-corrected chi connectivity index (χ4v) is 4.09. The van der Waals surface area contributed by atoms with Crippen LogP contribution in [0.1, 0.15) is 23.6 Å². The van der Waals surface area contributed by atoms with E-state index in [4.69, 9.17) is 17.0 Å². The summed E-state index contributed by atoms with van der Waals surface area (Å²) in [7, 11) is 0. The second-order valence-electron chi connectivity index (χ2n) is 7.62. The number of carbonyl (C=O) groups excluding carboxylic acids is 1. The van der Waals surface area contributed by atoms with Crippen LogP contribution >= 0.6 is 0 Å². The fourth-order valence-electron chi connectivity index (χ4n) is 3.43. The summed E-state index contributed by atoms with van der Waals surface area (Å²) in [4.78, 5) is 12.6. The molecule has 8 nitrogen and oxygen atoms in total. The summed E-state index contributed by atoms with van der Waals surface area (Å²) in [6, 6.07) is 12.2. The SMILES string of the molecule is C/C(=C(\F)C(=O)Nc1ccc(-c2ccccc2S(=O)ON)cc1C(F)(F)F)c1cc(C(=N)N)ccc1O. The molecule has 0 heterocycles. The van der Waals surface area contributed by atoms with Crippen molar-refractivity contribution in [1.29, 1.82) is 5.41 Å². The number of amidine groups is 1. The molecule has 0 bridgehead atoms. The van der Waals surface area contributed by atoms with Crippen molar-refractivity contribution in [3.05, 3.63) is 83.2 Å². The maximum absolute atomic E-state index is 15.0. The number of carbonyl (C=O) groups is 1. The van der Waals surface area contributed by atoms with E-state index in [1.165, 1.54) is 42.5 Å². The standard InChI is InChI=1S/C24H20F4N4O4S/c1-12(16-10-14(22(29)30)7-9-19(16)33)21(25)23(34)32-18-8-6-13(11-17(18)24(26,27)28)15-4-2-3-5-20(15)37(35)36-31/h2-11,33H,31H2,1H3,(H3,29,30)(H,32,34)/b21-12+. The van der Waals surface area contributed by atoms with E-state index in [1.807, 2.05) is 5.32 Å². The van der Waals surface area contributed by atoms with Gasteiger partial charge in [0.2, 0.25) is 11.1 Å². The highest BCUT2D eigenvalue weighted by Gasteiger charge is 2.35. The molecule has 0 aliphatic rings. The third-order valence-electron chi connectivity index (χ3n) is 5.28. The first kappa shape index (κ1) is 27.5. The molecule has 0 aliphatic heterocycles. The molecule has 1 unspecified atom stereocenters. The van der Waals surface area contributed by atoms with Crippen molar-refractivity contribution in [3.63, 3.8) is 0 Å². The van der Waals surface area contributed by atoms with Gasteiger partial charge in [0, 0.05) is 22.3 Å². The van der Waals surface area contributed by atoms with Crippen LogP contribution in [0.2, 0.25) is 0 Å². The molecule has 3 aromatic carbocycles. The van der Waals surface area contributed by atoms with Gasteiger partial charge in [-0.05, 0) is 48.9 Å². The minimum atomic E-state index is -4.96. The number of anilines is 1. The number of benzene rings is 3. The lowest BCUT2D eigenvalue weighted by molar-refractivity contribution is -0.136. The number of amides is 1. The van der Waals surface area contributed by atoms with Crippen LogP contribution in [0.3, 0.4) is 0 Å². The molecule has 1 amide bonds. The minimum Gasteiger partial charge on any atom is -0.507 e. The molecule has 1 atom stereocenters. The highest BCUT2D eigenvalue weighted by molar-refractivity contribution is 7.80. The quantitative estimate of drug-likeness (QED) is 0.0978. The summed E-state index contributed by atoms with van der Waals surface area (Å²) in [5.74, 6) is 1.19. The first-order valence-electron chi connectivity index (χ1n) is 10.3. The van der Waals surface area contributed by atoms with E-state index in [9.17, 15) is 31.7 Å². The van der Waals surface area contributed by atoms with Gasteiger partial charge in [0.05, 0.1) is 16.1 Å². The third-order valence-corrected chi connectivity index (χ3v) is 6.17. The number of hydrogen-bond donors (Lipinski definition) is 5. The van der Waals surface area contributed by atoms with E-state index >= 15 is 0 Å². The number of nitrogens with one attached hydrogen (secondary N) is 2. The van der Waals surface area contributed by atoms with Gasteiger partial charge >= 0.3 is 6.18 Å². The van der Waals surface area contributed by atoms with Crippen LogP contribution in [0.5, 0.6) is 5.75 Å². The Kier molecular flexibility index (Phi) is 8.11. The van der Waals surface area contributed by atoms with Crippen LogP contribution < -0.4 is 16.9 Å². The lowest BCUT2D eigenvalue weighted by Gasteiger charge is -2.16. The molecule has 0 aliphatic carbocycles. The summed E-state index contributed by atoms with van der Waals surface area (Å²) < 4.78 is 73.0. The first-order valence-corrected chi connectivity index (χ1v) is 11.4. The highest BCUT2D eigenvalue weighted by atomic mass is 32.2. The fraction of sp³-hybridized carbons (Fsp3) is 0.0833. The normalized spacial score (nSPS) is 13.0. The Morgan fingerprint density at radius 2 is 1.78 bits per heavy atom. The molecular weight excluding hydrogens is 516 g/mol. The molecule has 3 rings (SSSR count). The molecule has 194 valence electrons. The highest BCUT2D eigenvalue weighted by Crippen LogP contribution is 2.39. The zero-order valence-corrected chi connectivity index (χ0v) is 19.8. The molecule has 0 saturated heterocycles. The molecule has 3 aromatic rings. The number of allylic oxidation sites excluding steroid dienone is 1. The number of nitrogen functional groups attached to an aromatic ring is 1. The number of aromatic hydroxyl groups is 1.